The van der Waals surface area contributed by atoms with Crippen LogP contribution in [0.3, 0.4) is 0 Å². The number of halogens is 2. The third-order valence-electron chi connectivity index (χ3n) is 3.14. The topological polar surface area (TPSA) is 20.3 Å². The van der Waals surface area contributed by atoms with Gasteiger partial charge in [0.2, 0.25) is 5.91 Å². The first-order chi connectivity index (χ1) is 9.66. The SMILES string of the molecule is O=C1CS[C@H](c2ccccc2F)N1c1ccc(F)cc1. The molecule has 0 saturated carbocycles. The molecule has 2 aromatic carbocycles. The monoisotopic (exact) mass is 291 g/mol. The highest BCUT2D eigenvalue weighted by atomic mass is 32.2. The summed E-state index contributed by atoms with van der Waals surface area (Å²) in [5.41, 5.74) is 1.04. The van der Waals surface area contributed by atoms with E-state index in [4.69, 9.17) is 0 Å². The van der Waals surface area contributed by atoms with E-state index in [1.807, 2.05) is 0 Å². The normalized spacial score (nSPS) is 18.6. The maximum atomic E-state index is 13.9. The zero-order valence-electron chi connectivity index (χ0n) is 10.4. The molecule has 0 spiro atoms. The molecule has 1 saturated heterocycles. The summed E-state index contributed by atoms with van der Waals surface area (Å²) < 4.78 is 26.9. The molecule has 0 bridgehead atoms. The lowest BCUT2D eigenvalue weighted by Crippen LogP contribution is -2.28. The highest BCUT2D eigenvalue weighted by Gasteiger charge is 2.35. The number of hydrogen-bond acceptors (Lipinski definition) is 2. The first-order valence-electron chi connectivity index (χ1n) is 6.10. The molecule has 3 rings (SSSR count). The van der Waals surface area contributed by atoms with Crippen LogP contribution >= 0.6 is 11.8 Å². The minimum Gasteiger partial charge on any atom is -0.295 e. The Morgan fingerprint density at radius 3 is 2.45 bits per heavy atom. The van der Waals surface area contributed by atoms with Crippen LogP contribution in [-0.4, -0.2) is 11.7 Å². The quantitative estimate of drug-likeness (QED) is 0.840. The van der Waals surface area contributed by atoms with Crippen LogP contribution in [0.15, 0.2) is 48.5 Å². The Balaban J connectivity index is 2.01. The molecule has 1 fully saturated rings. The highest BCUT2D eigenvalue weighted by molar-refractivity contribution is 8.00. The van der Waals surface area contributed by atoms with E-state index in [0.29, 0.717) is 11.3 Å². The molecule has 2 aromatic rings. The fourth-order valence-electron chi connectivity index (χ4n) is 2.21. The van der Waals surface area contributed by atoms with Gasteiger partial charge in [-0.1, -0.05) is 18.2 Å². The van der Waals surface area contributed by atoms with Crippen molar-refractivity contribution in [3.05, 3.63) is 65.7 Å². The van der Waals surface area contributed by atoms with E-state index in [1.54, 1.807) is 18.2 Å². The Hall–Kier alpha value is -1.88. The summed E-state index contributed by atoms with van der Waals surface area (Å²) in [4.78, 5) is 13.6. The van der Waals surface area contributed by atoms with Crippen LogP contribution in [0.4, 0.5) is 14.5 Å². The Kier molecular flexibility index (Phi) is 3.44. The molecule has 102 valence electrons. The van der Waals surface area contributed by atoms with Crippen LogP contribution in [0.25, 0.3) is 0 Å². The minimum absolute atomic E-state index is 0.102. The van der Waals surface area contributed by atoms with Crippen LogP contribution in [0.1, 0.15) is 10.9 Å². The fraction of sp³-hybridized carbons (Fsp3) is 0.133. The van der Waals surface area contributed by atoms with Crippen LogP contribution in [0.2, 0.25) is 0 Å². The molecule has 1 heterocycles. The van der Waals surface area contributed by atoms with Gasteiger partial charge in [0.25, 0.3) is 0 Å². The van der Waals surface area contributed by atoms with Gasteiger partial charge in [0.15, 0.2) is 0 Å². The van der Waals surface area contributed by atoms with Gasteiger partial charge in [0.1, 0.15) is 17.0 Å². The Labute approximate surface area is 119 Å². The standard InChI is InChI=1S/C15H11F2NOS/c16-10-5-7-11(8-6-10)18-14(19)9-20-15(18)12-3-1-2-4-13(12)17/h1-8,15H,9H2/t15-/m1/s1. The number of carbonyl (C=O) groups excluding carboxylic acids is 1. The van der Waals surface area contributed by atoms with Crippen molar-refractivity contribution in [3.8, 4) is 0 Å². The summed E-state index contributed by atoms with van der Waals surface area (Å²) in [6.07, 6.45) is 0. The van der Waals surface area contributed by atoms with Crippen LogP contribution in [0, 0.1) is 11.6 Å². The van der Waals surface area contributed by atoms with E-state index in [9.17, 15) is 13.6 Å². The molecule has 5 heteroatoms. The summed E-state index contributed by atoms with van der Waals surface area (Å²) in [6, 6.07) is 12.1. The zero-order chi connectivity index (χ0) is 14.1. The lowest BCUT2D eigenvalue weighted by atomic mass is 10.1. The molecule has 20 heavy (non-hydrogen) atoms. The second-order valence-corrected chi connectivity index (χ2v) is 5.49. The number of thioether (sulfide) groups is 1. The molecule has 0 unspecified atom stereocenters. The van der Waals surface area contributed by atoms with Crippen molar-refractivity contribution in [1.82, 2.24) is 0 Å². The largest absolute Gasteiger partial charge is 0.295 e. The first kappa shape index (κ1) is 13.1. The first-order valence-corrected chi connectivity index (χ1v) is 7.15. The van der Waals surface area contributed by atoms with Gasteiger partial charge in [-0.15, -0.1) is 11.8 Å². The van der Waals surface area contributed by atoms with Gasteiger partial charge in [0.05, 0.1) is 5.75 Å². The Morgan fingerprint density at radius 2 is 1.75 bits per heavy atom. The predicted octanol–water partition coefficient (Wildman–Crippen LogP) is 3.74. The van der Waals surface area contributed by atoms with Crippen molar-refractivity contribution in [1.29, 1.82) is 0 Å². The van der Waals surface area contributed by atoms with Crippen molar-refractivity contribution >= 4 is 23.4 Å². The van der Waals surface area contributed by atoms with Crippen LogP contribution in [0.5, 0.6) is 0 Å². The van der Waals surface area contributed by atoms with Gasteiger partial charge < -0.3 is 0 Å². The maximum Gasteiger partial charge on any atom is 0.238 e. The van der Waals surface area contributed by atoms with Crippen molar-refractivity contribution in [3.63, 3.8) is 0 Å². The molecule has 1 aliphatic heterocycles. The van der Waals surface area contributed by atoms with Crippen molar-refractivity contribution in [2.24, 2.45) is 0 Å². The van der Waals surface area contributed by atoms with Gasteiger partial charge in [0, 0.05) is 11.3 Å². The molecule has 1 amide bonds. The van der Waals surface area contributed by atoms with Gasteiger partial charge in [-0.05, 0) is 30.3 Å². The molecule has 0 aliphatic carbocycles. The van der Waals surface area contributed by atoms with E-state index in [0.717, 1.165) is 0 Å². The van der Waals surface area contributed by atoms with E-state index in [-0.39, 0.29) is 23.3 Å². The lowest BCUT2D eigenvalue weighted by Gasteiger charge is -2.24. The number of anilines is 1. The fourth-order valence-corrected chi connectivity index (χ4v) is 3.41. The number of nitrogens with zero attached hydrogens (tertiary/aromatic N) is 1. The zero-order valence-corrected chi connectivity index (χ0v) is 11.2. The molecule has 0 aromatic heterocycles. The average Bonchev–Trinajstić information content (AvgIpc) is 2.82. The van der Waals surface area contributed by atoms with Gasteiger partial charge in [-0.3, -0.25) is 9.69 Å². The third-order valence-corrected chi connectivity index (χ3v) is 4.34. The molecule has 0 radical (unpaired) electrons. The number of rotatable bonds is 2. The van der Waals surface area contributed by atoms with E-state index >= 15 is 0 Å². The number of hydrogen-bond donors (Lipinski definition) is 0. The number of carbonyl (C=O) groups is 1. The lowest BCUT2D eigenvalue weighted by molar-refractivity contribution is -0.115. The molecule has 1 atom stereocenters. The predicted molar refractivity (Wildman–Crippen MR) is 75.5 cm³/mol. The summed E-state index contributed by atoms with van der Waals surface area (Å²) in [5, 5.41) is -0.408. The number of amides is 1. The molecule has 0 N–H and O–H groups in total. The Bertz CT molecular complexity index is 645. The highest BCUT2D eigenvalue weighted by Crippen LogP contribution is 2.42. The summed E-state index contributed by atoms with van der Waals surface area (Å²) in [7, 11) is 0. The second kappa shape index (κ2) is 5.25. The van der Waals surface area contributed by atoms with Crippen molar-refractivity contribution < 1.29 is 13.6 Å². The van der Waals surface area contributed by atoms with Crippen LogP contribution in [-0.2, 0) is 4.79 Å². The summed E-state index contributed by atoms with van der Waals surface area (Å²) in [5.74, 6) is -0.520. The van der Waals surface area contributed by atoms with Gasteiger partial charge >= 0.3 is 0 Å². The average molecular weight is 291 g/mol. The maximum absolute atomic E-state index is 13.9. The molecule has 1 aliphatic rings. The second-order valence-electron chi connectivity index (χ2n) is 4.43. The molecule has 2 nitrogen and oxygen atoms in total. The van der Waals surface area contributed by atoms with E-state index < -0.39 is 5.37 Å². The number of benzene rings is 2. The van der Waals surface area contributed by atoms with Crippen molar-refractivity contribution in [2.75, 3.05) is 10.7 Å². The van der Waals surface area contributed by atoms with Gasteiger partial charge in [-0.25, -0.2) is 8.78 Å². The molecular weight excluding hydrogens is 280 g/mol. The van der Waals surface area contributed by atoms with Crippen LogP contribution < -0.4 is 4.90 Å². The minimum atomic E-state index is -0.408. The Morgan fingerprint density at radius 1 is 1.05 bits per heavy atom. The molecular formula is C15H11F2NOS. The van der Waals surface area contributed by atoms with E-state index in [2.05, 4.69) is 0 Å². The summed E-state index contributed by atoms with van der Waals surface area (Å²) in [6.45, 7) is 0. The van der Waals surface area contributed by atoms with E-state index in [1.165, 1.54) is 47.0 Å². The van der Waals surface area contributed by atoms with Gasteiger partial charge in [-0.2, -0.15) is 0 Å². The van der Waals surface area contributed by atoms with Crippen molar-refractivity contribution in [2.45, 2.75) is 5.37 Å². The summed E-state index contributed by atoms with van der Waals surface area (Å²) >= 11 is 1.37. The third kappa shape index (κ3) is 2.29. The smallest absolute Gasteiger partial charge is 0.238 e.